The number of benzene rings is 1. The van der Waals surface area contributed by atoms with E-state index in [-0.39, 0.29) is 5.95 Å². The number of nitrogens with zero attached hydrogens (tertiary/aromatic N) is 2. The van der Waals surface area contributed by atoms with Crippen molar-refractivity contribution in [1.82, 2.24) is 9.97 Å². The Balaban J connectivity index is 2.37. The maximum Gasteiger partial charge on any atom is 0.221 e. The Kier molecular flexibility index (Phi) is 5.64. The lowest BCUT2D eigenvalue weighted by Gasteiger charge is -2.14. The molecule has 0 saturated carbocycles. The van der Waals surface area contributed by atoms with Gasteiger partial charge < -0.3 is 20.9 Å². The van der Waals surface area contributed by atoms with Gasteiger partial charge in [-0.15, -0.1) is 0 Å². The largest absolute Gasteiger partial charge is 0.493 e. The molecule has 0 unspecified atom stereocenters. The standard InChI is InChI=1S/C15H19IN4O2/c1-3-21-11-6-9(7-12(13(11)16)22-4-2)5-10-8-19-15(18)20-14(10)17/h6-8H,3-5H2,1-2H3,(H4,17,18,19,20). The predicted octanol–water partition coefficient (Wildman–Crippen LogP) is 2.63. The fourth-order valence-electron chi connectivity index (χ4n) is 2.04. The molecule has 6 nitrogen and oxygen atoms in total. The third-order valence-corrected chi connectivity index (χ3v) is 4.04. The maximum atomic E-state index is 5.90. The van der Waals surface area contributed by atoms with E-state index in [4.69, 9.17) is 20.9 Å². The number of rotatable bonds is 6. The molecule has 0 atom stereocenters. The number of aromatic nitrogens is 2. The van der Waals surface area contributed by atoms with E-state index >= 15 is 0 Å². The summed E-state index contributed by atoms with van der Waals surface area (Å²) in [5.41, 5.74) is 13.3. The van der Waals surface area contributed by atoms with Crippen LogP contribution < -0.4 is 20.9 Å². The van der Waals surface area contributed by atoms with Crippen molar-refractivity contribution in [2.75, 3.05) is 24.7 Å². The molecule has 2 rings (SSSR count). The van der Waals surface area contributed by atoms with Crippen molar-refractivity contribution in [3.05, 3.63) is 33.0 Å². The van der Waals surface area contributed by atoms with E-state index in [0.29, 0.717) is 25.5 Å². The van der Waals surface area contributed by atoms with Gasteiger partial charge in [-0.25, -0.2) is 4.98 Å². The Morgan fingerprint density at radius 3 is 2.18 bits per heavy atom. The van der Waals surface area contributed by atoms with Crippen LogP contribution in [-0.2, 0) is 6.42 Å². The Labute approximate surface area is 143 Å². The molecule has 118 valence electrons. The highest BCUT2D eigenvalue weighted by Gasteiger charge is 2.12. The van der Waals surface area contributed by atoms with Gasteiger partial charge in [0, 0.05) is 18.2 Å². The molecule has 2 aromatic rings. The lowest BCUT2D eigenvalue weighted by molar-refractivity contribution is 0.318. The summed E-state index contributed by atoms with van der Waals surface area (Å²) in [6, 6.07) is 3.98. The zero-order chi connectivity index (χ0) is 16.1. The summed E-state index contributed by atoms with van der Waals surface area (Å²) in [6.07, 6.45) is 2.24. The summed E-state index contributed by atoms with van der Waals surface area (Å²) in [5.74, 6) is 2.17. The summed E-state index contributed by atoms with van der Waals surface area (Å²) in [4.78, 5) is 7.98. The third-order valence-electron chi connectivity index (χ3n) is 2.98. The Bertz CT molecular complexity index is 637. The Morgan fingerprint density at radius 2 is 1.68 bits per heavy atom. The van der Waals surface area contributed by atoms with Crippen molar-refractivity contribution in [3.8, 4) is 11.5 Å². The van der Waals surface area contributed by atoms with E-state index in [0.717, 1.165) is 26.2 Å². The molecule has 0 spiro atoms. The first-order chi connectivity index (χ1) is 10.5. The molecule has 1 aromatic carbocycles. The number of halogens is 1. The van der Waals surface area contributed by atoms with E-state index in [1.165, 1.54) is 0 Å². The van der Waals surface area contributed by atoms with Crippen LogP contribution in [0.1, 0.15) is 25.0 Å². The molecule has 0 amide bonds. The van der Waals surface area contributed by atoms with E-state index < -0.39 is 0 Å². The molecule has 4 N–H and O–H groups in total. The summed E-state index contributed by atoms with van der Waals surface area (Å²) >= 11 is 2.23. The first kappa shape index (κ1) is 16.6. The van der Waals surface area contributed by atoms with E-state index in [9.17, 15) is 0 Å². The summed E-state index contributed by atoms with van der Waals surface area (Å²) < 4.78 is 12.3. The quantitative estimate of drug-likeness (QED) is 0.706. The van der Waals surface area contributed by atoms with Crippen molar-refractivity contribution in [1.29, 1.82) is 0 Å². The minimum Gasteiger partial charge on any atom is -0.493 e. The van der Waals surface area contributed by atoms with E-state index in [1.807, 2.05) is 26.0 Å². The van der Waals surface area contributed by atoms with Gasteiger partial charge in [0.1, 0.15) is 17.3 Å². The lowest BCUT2D eigenvalue weighted by Crippen LogP contribution is -2.05. The fraction of sp³-hybridized carbons (Fsp3) is 0.333. The van der Waals surface area contributed by atoms with Crippen LogP contribution in [0.2, 0.25) is 0 Å². The monoisotopic (exact) mass is 414 g/mol. The number of anilines is 2. The highest BCUT2D eigenvalue weighted by atomic mass is 127. The number of nitrogen functional groups attached to an aromatic ring is 2. The number of nitrogens with two attached hydrogens (primary N) is 2. The predicted molar refractivity (Wildman–Crippen MR) is 95.2 cm³/mol. The molecule has 22 heavy (non-hydrogen) atoms. The van der Waals surface area contributed by atoms with Gasteiger partial charge in [-0.2, -0.15) is 4.98 Å². The van der Waals surface area contributed by atoms with Crippen LogP contribution in [0.5, 0.6) is 11.5 Å². The number of hydrogen-bond donors (Lipinski definition) is 2. The highest BCUT2D eigenvalue weighted by Crippen LogP contribution is 2.33. The van der Waals surface area contributed by atoms with Crippen molar-refractivity contribution in [2.24, 2.45) is 0 Å². The van der Waals surface area contributed by atoms with Crippen LogP contribution in [-0.4, -0.2) is 23.2 Å². The number of ether oxygens (including phenoxy) is 2. The Morgan fingerprint density at radius 1 is 1.09 bits per heavy atom. The van der Waals surface area contributed by atoms with Crippen molar-refractivity contribution < 1.29 is 9.47 Å². The summed E-state index contributed by atoms with van der Waals surface area (Å²) in [7, 11) is 0. The van der Waals surface area contributed by atoms with E-state index in [1.54, 1.807) is 6.20 Å². The third kappa shape index (κ3) is 3.90. The molecule has 0 saturated heterocycles. The second-order valence-electron chi connectivity index (χ2n) is 4.59. The smallest absolute Gasteiger partial charge is 0.221 e. The second kappa shape index (κ2) is 7.48. The number of hydrogen-bond acceptors (Lipinski definition) is 6. The minimum atomic E-state index is 0.175. The lowest BCUT2D eigenvalue weighted by atomic mass is 10.1. The van der Waals surface area contributed by atoms with E-state index in [2.05, 4.69) is 32.6 Å². The van der Waals surface area contributed by atoms with Crippen molar-refractivity contribution >= 4 is 34.4 Å². The van der Waals surface area contributed by atoms with Gasteiger partial charge in [0.15, 0.2) is 0 Å². The van der Waals surface area contributed by atoms with Crippen LogP contribution in [0.15, 0.2) is 18.3 Å². The van der Waals surface area contributed by atoms with Crippen molar-refractivity contribution in [2.45, 2.75) is 20.3 Å². The highest BCUT2D eigenvalue weighted by molar-refractivity contribution is 14.1. The molecule has 0 aliphatic heterocycles. The molecule has 0 radical (unpaired) electrons. The second-order valence-corrected chi connectivity index (χ2v) is 5.67. The van der Waals surface area contributed by atoms with Gasteiger partial charge in [-0.3, -0.25) is 0 Å². The first-order valence-electron chi connectivity index (χ1n) is 7.00. The molecule has 1 heterocycles. The molecule has 0 fully saturated rings. The van der Waals surface area contributed by atoms with Crippen LogP contribution in [0.4, 0.5) is 11.8 Å². The average Bonchev–Trinajstić information content (AvgIpc) is 2.47. The van der Waals surface area contributed by atoms with Gasteiger partial charge in [0.05, 0.1) is 16.8 Å². The first-order valence-corrected chi connectivity index (χ1v) is 8.07. The molecular weight excluding hydrogens is 395 g/mol. The van der Waals surface area contributed by atoms with Gasteiger partial charge in [0.25, 0.3) is 0 Å². The normalized spacial score (nSPS) is 10.5. The molecule has 0 bridgehead atoms. The van der Waals surface area contributed by atoms with Crippen LogP contribution in [0.25, 0.3) is 0 Å². The maximum absolute atomic E-state index is 5.90. The minimum absolute atomic E-state index is 0.175. The van der Waals surface area contributed by atoms with Crippen molar-refractivity contribution in [3.63, 3.8) is 0 Å². The van der Waals surface area contributed by atoms with Crippen LogP contribution in [0, 0.1) is 3.57 Å². The molecular formula is C15H19IN4O2. The summed E-state index contributed by atoms with van der Waals surface area (Å²) in [5, 5.41) is 0. The van der Waals surface area contributed by atoms with Gasteiger partial charge in [-0.1, -0.05) is 0 Å². The zero-order valence-electron chi connectivity index (χ0n) is 12.6. The van der Waals surface area contributed by atoms with Crippen LogP contribution in [0.3, 0.4) is 0 Å². The fourth-order valence-corrected chi connectivity index (χ4v) is 2.66. The zero-order valence-corrected chi connectivity index (χ0v) is 14.8. The SMILES string of the molecule is CCOc1cc(Cc2cnc(N)nc2N)cc(OCC)c1I. The Hall–Kier alpha value is -1.77. The van der Waals surface area contributed by atoms with Gasteiger partial charge >= 0.3 is 0 Å². The average molecular weight is 414 g/mol. The molecule has 0 aliphatic rings. The molecule has 1 aromatic heterocycles. The summed E-state index contributed by atoms with van der Waals surface area (Å²) in [6.45, 7) is 5.10. The topological polar surface area (TPSA) is 96.3 Å². The molecule has 0 aliphatic carbocycles. The van der Waals surface area contributed by atoms with Gasteiger partial charge in [-0.05, 0) is 54.1 Å². The molecule has 7 heteroatoms. The van der Waals surface area contributed by atoms with Gasteiger partial charge in [0.2, 0.25) is 5.95 Å². The van der Waals surface area contributed by atoms with Crippen LogP contribution >= 0.6 is 22.6 Å².